The van der Waals surface area contributed by atoms with Crippen LogP contribution in [0.2, 0.25) is 0 Å². The molecule has 2 aromatic heterocycles. The maximum atomic E-state index is 13.3. The number of nitrogens with one attached hydrogen (secondary N) is 1. The Balaban J connectivity index is 1.58. The number of nitrogens with zero attached hydrogens (tertiary/aromatic N) is 4. The molecule has 0 saturated carbocycles. The van der Waals surface area contributed by atoms with Gasteiger partial charge >= 0.3 is 0 Å². The Hall–Kier alpha value is -3.35. The lowest BCUT2D eigenvalue weighted by atomic mass is 9.78. The first-order valence-corrected chi connectivity index (χ1v) is 8.79. The minimum absolute atomic E-state index is 0.00775. The number of pyridine rings is 1. The van der Waals surface area contributed by atoms with Gasteiger partial charge in [-0.2, -0.15) is 10.1 Å². The summed E-state index contributed by atoms with van der Waals surface area (Å²) in [4.78, 5) is 21.6. The van der Waals surface area contributed by atoms with E-state index >= 15 is 0 Å². The molecule has 27 heavy (non-hydrogen) atoms. The number of aromatic nitrogens is 4. The smallest absolute Gasteiger partial charge is 0.226 e. The van der Waals surface area contributed by atoms with Crippen molar-refractivity contribution in [1.29, 1.82) is 0 Å². The van der Waals surface area contributed by atoms with E-state index in [2.05, 4.69) is 20.4 Å². The number of rotatable bonds is 2. The third-order valence-corrected chi connectivity index (χ3v) is 5.20. The molecule has 2 atom stereocenters. The van der Waals surface area contributed by atoms with Gasteiger partial charge in [0.15, 0.2) is 5.78 Å². The van der Waals surface area contributed by atoms with E-state index < -0.39 is 0 Å². The third kappa shape index (κ3) is 2.63. The third-order valence-electron chi connectivity index (χ3n) is 5.20. The van der Waals surface area contributed by atoms with E-state index in [1.807, 2.05) is 12.1 Å². The fraction of sp³-hybridized carbons (Fsp3) is 0.200. The number of carbonyl (C=O) groups excluding carboxylic acids is 1. The van der Waals surface area contributed by atoms with E-state index in [0.717, 1.165) is 16.8 Å². The highest BCUT2D eigenvalue weighted by Gasteiger charge is 2.39. The molecule has 6 nitrogen and oxygen atoms in total. The van der Waals surface area contributed by atoms with E-state index in [1.165, 1.54) is 18.5 Å². The van der Waals surface area contributed by atoms with Crippen molar-refractivity contribution in [3.05, 3.63) is 83.3 Å². The van der Waals surface area contributed by atoms with Gasteiger partial charge in [-0.3, -0.25) is 9.78 Å². The van der Waals surface area contributed by atoms with Crippen LogP contribution in [-0.4, -0.2) is 25.5 Å². The summed E-state index contributed by atoms with van der Waals surface area (Å²) >= 11 is 0. The summed E-state index contributed by atoms with van der Waals surface area (Å²) < 4.78 is 15.0. The summed E-state index contributed by atoms with van der Waals surface area (Å²) in [6.45, 7) is 0. The molecule has 3 aromatic rings. The lowest BCUT2D eigenvalue weighted by molar-refractivity contribution is -0.116. The summed E-state index contributed by atoms with van der Waals surface area (Å²) in [6.07, 6.45) is 5.98. The summed E-state index contributed by atoms with van der Waals surface area (Å²) in [6, 6.07) is 9.83. The molecule has 0 amide bonds. The molecule has 0 spiro atoms. The molecule has 1 N–H and O–H groups in total. The van der Waals surface area contributed by atoms with Crippen LogP contribution in [0.25, 0.3) is 0 Å². The topological polar surface area (TPSA) is 72.7 Å². The molecule has 0 bridgehead atoms. The number of hydrogen-bond acceptors (Lipinski definition) is 5. The molecular weight excluding hydrogens is 345 g/mol. The molecule has 3 heterocycles. The molecule has 0 fully saturated rings. The molecular formula is C20H16FN5O. The number of anilines is 1. The van der Waals surface area contributed by atoms with Gasteiger partial charge in [0.25, 0.3) is 0 Å². The van der Waals surface area contributed by atoms with Crippen molar-refractivity contribution >= 4 is 11.7 Å². The second-order valence-corrected chi connectivity index (χ2v) is 6.81. The Kier molecular flexibility index (Phi) is 3.60. The van der Waals surface area contributed by atoms with Gasteiger partial charge in [-0.05, 0) is 41.7 Å². The average molecular weight is 361 g/mol. The summed E-state index contributed by atoms with van der Waals surface area (Å²) in [7, 11) is 0. The average Bonchev–Trinajstić information content (AvgIpc) is 3.15. The standard InChI is InChI=1S/C20H16FN5O/c21-15-5-3-12(4-6-15)14-8-16-18(17(27)9-14)19(13-2-1-7-22-10-13)26-20(25-16)23-11-24-26/h1-7,10-11,14,19H,8-9H2,(H,23,24,25)/t14-,19+/m0/s1. The molecule has 1 aliphatic heterocycles. The SMILES string of the molecule is O=C1C[C@@H](c2ccc(F)cc2)CC2=C1[C@@H](c1cccnc1)n1ncnc1N2. The first-order valence-electron chi connectivity index (χ1n) is 8.79. The largest absolute Gasteiger partial charge is 0.328 e. The Morgan fingerprint density at radius 3 is 2.74 bits per heavy atom. The van der Waals surface area contributed by atoms with Crippen LogP contribution in [0, 0.1) is 5.82 Å². The van der Waals surface area contributed by atoms with E-state index in [1.54, 1.807) is 29.2 Å². The Morgan fingerprint density at radius 1 is 1.11 bits per heavy atom. The van der Waals surface area contributed by atoms with Gasteiger partial charge < -0.3 is 5.32 Å². The highest BCUT2D eigenvalue weighted by atomic mass is 19.1. The number of halogens is 1. The summed E-state index contributed by atoms with van der Waals surface area (Å²) in [5.41, 5.74) is 3.42. The normalized spacial score (nSPS) is 21.4. The van der Waals surface area contributed by atoms with Crippen LogP contribution in [0.1, 0.15) is 35.9 Å². The maximum Gasteiger partial charge on any atom is 0.226 e. The zero-order chi connectivity index (χ0) is 18.4. The van der Waals surface area contributed by atoms with E-state index in [9.17, 15) is 9.18 Å². The molecule has 0 saturated heterocycles. The zero-order valence-electron chi connectivity index (χ0n) is 14.3. The van der Waals surface area contributed by atoms with Gasteiger partial charge in [-0.1, -0.05) is 18.2 Å². The maximum absolute atomic E-state index is 13.3. The molecule has 1 aromatic carbocycles. The van der Waals surface area contributed by atoms with Crippen molar-refractivity contribution in [1.82, 2.24) is 19.7 Å². The predicted octanol–water partition coefficient (Wildman–Crippen LogP) is 3.23. The number of Topliss-reactive ketones (excluding diaryl/α,β-unsaturated/α-hetero) is 1. The second-order valence-electron chi connectivity index (χ2n) is 6.81. The summed E-state index contributed by atoms with van der Waals surface area (Å²) in [5.74, 6) is 0.401. The van der Waals surface area contributed by atoms with Crippen LogP contribution in [0.3, 0.4) is 0 Å². The van der Waals surface area contributed by atoms with E-state index in [4.69, 9.17) is 0 Å². The van der Waals surface area contributed by atoms with E-state index in [0.29, 0.717) is 24.4 Å². The van der Waals surface area contributed by atoms with Crippen molar-refractivity contribution in [2.75, 3.05) is 5.32 Å². The van der Waals surface area contributed by atoms with Crippen LogP contribution in [-0.2, 0) is 4.79 Å². The number of ketones is 1. The predicted molar refractivity (Wildman–Crippen MR) is 96.4 cm³/mol. The van der Waals surface area contributed by atoms with Gasteiger partial charge in [0, 0.05) is 30.1 Å². The monoisotopic (exact) mass is 361 g/mol. The fourth-order valence-electron chi connectivity index (χ4n) is 3.97. The van der Waals surface area contributed by atoms with Crippen molar-refractivity contribution in [2.45, 2.75) is 24.8 Å². The van der Waals surface area contributed by atoms with E-state index in [-0.39, 0.29) is 23.6 Å². The van der Waals surface area contributed by atoms with Crippen molar-refractivity contribution < 1.29 is 9.18 Å². The minimum Gasteiger partial charge on any atom is -0.328 e. The Bertz CT molecular complexity index is 1040. The van der Waals surface area contributed by atoms with Gasteiger partial charge in [0.2, 0.25) is 5.95 Å². The molecule has 7 heteroatoms. The molecule has 0 radical (unpaired) electrons. The van der Waals surface area contributed by atoms with Crippen LogP contribution in [0.5, 0.6) is 0 Å². The first-order chi connectivity index (χ1) is 13.2. The summed E-state index contributed by atoms with van der Waals surface area (Å²) in [5, 5.41) is 7.59. The Morgan fingerprint density at radius 2 is 1.96 bits per heavy atom. The Labute approximate surface area is 154 Å². The van der Waals surface area contributed by atoms with Crippen molar-refractivity contribution in [3.63, 3.8) is 0 Å². The van der Waals surface area contributed by atoms with Crippen LogP contribution in [0.4, 0.5) is 10.3 Å². The number of hydrogen-bond donors (Lipinski definition) is 1. The van der Waals surface area contributed by atoms with Crippen molar-refractivity contribution in [3.8, 4) is 0 Å². The minimum atomic E-state index is -0.339. The number of fused-ring (bicyclic) bond motifs is 1. The molecule has 134 valence electrons. The molecule has 5 rings (SSSR count). The van der Waals surface area contributed by atoms with Crippen LogP contribution < -0.4 is 5.32 Å². The van der Waals surface area contributed by atoms with Gasteiger partial charge in [0.05, 0.1) is 0 Å². The first kappa shape index (κ1) is 15.9. The quantitative estimate of drug-likeness (QED) is 0.759. The lowest BCUT2D eigenvalue weighted by Gasteiger charge is -2.35. The molecule has 0 unspecified atom stereocenters. The van der Waals surface area contributed by atoms with Gasteiger partial charge in [0.1, 0.15) is 18.2 Å². The lowest BCUT2D eigenvalue weighted by Crippen LogP contribution is -2.33. The second kappa shape index (κ2) is 6.12. The van der Waals surface area contributed by atoms with Crippen LogP contribution in [0.15, 0.2) is 66.4 Å². The fourth-order valence-corrected chi connectivity index (χ4v) is 3.97. The van der Waals surface area contributed by atoms with Gasteiger partial charge in [-0.25, -0.2) is 9.07 Å². The van der Waals surface area contributed by atoms with Crippen molar-refractivity contribution in [2.24, 2.45) is 0 Å². The molecule has 1 aliphatic carbocycles. The van der Waals surface area contributed by atoms with Crippen LogP contribution >= 0.6 is 0 Å². The number of benzene rings is 1. The number of carbonyl (C=O) groups is 1. The highest BCUT2D eigenvalue weighted by molar-refractivity contribution is 6.00. The highest BCUT2D eigenvalue weighted by Crippen LogP contribution is 2.43. The number of allylic oxidation sites excluding steroid dienone is 2. The van der Waals surface area contributed by atoms with Gasteiger partial charge in [-0.15, -0.1) is 0 Å². The zero-order valence-corrected chi connectivity index (χ0v) is 14.3. The molecule has 2 aliphatic rings.